The highest BCUT2D eigenvalue weighted by molar-refractivity contribution is 5.87. The number of pyridine rings is 1. The molecule has 1 rings (SSSR count). The molecule has 1 heterocycles. The van der Waals surface area contributed by atoms with Crippen molar-refractivity contribution in [1.29, 1.82) is 0 Å². The summed E-state index contributed by atoms with van der Waals surface area (Å²) in [5.74, 6) is -1.47. The van der Waals surface area contributed by atoms with Crippen LogP contribution in [0.1, 0.15) is 25.8 Å². The molecule has 1 N–H and O–H groups in total. The van der Waals surface area contributed by atoms with E-state index in [1.807, 2.05) is 0 Å². The molecule has 0 spiro atoms. The van der Waals surface area contributed by atoms with Crippen LogP contribution in [-0.2, 0) is 27.0 Å². The smallest absolute Gasteiger partial charge is 0.421 e. The normalized spacial score (nSPS) is 14.0. The van der Waals surface area contributed by atoms with Gasteiger partial charge in [0, 0.05) is 6.20 Å². The van der Waals surface area contributed by atoms with Gasteiger partial charge in [0.25, 0.3) is 5.56 Å². The Morgan fingerprint density at radius 2 is 1.96 bits per heavy atom. The van der Waals surface area contributed by atoms with E-state index in [0.29, 0.717) is 10.6 Å². The van der Waals surface area contributed by atoms with Crippen molar-refractivity contribution in [3.63, 3.8) is 0 Å². The Kier molecular flexibility index (Phi) is 5.57. The van der Waals surface area contributed by atoms with E-state index in [0.717, 1.165) is 19.4 Å². The lowest BCUT2D eigenvalue weighted by molar-refractivity contribution is -0.150. The first kappa shape index (κ1) is 18.7. The SMILES string of the molecule is CCC(C)(NC(=O)Cn1cccc(C(F)(F)F)c1=O)C(=O)OC. The minimum atomic E-state index is -4.81. The molecule has 0 aliphatic heterocycles. The Labute approximate surface area is 130 Å². The number of hydrogen-bond acceptors (Lipinski definition) is 4. The third-order valence-electron chi connectivity index (χ3n) is 3.40. The van der Waals surface area contributed by atoms with Crippen molar-refractivity contribution < 1.29 is 27.5 Å². The molecule has 0 bridgehead atoms. The van der Waals surface area contributed by atoms with Gasteiger partial charge in [0.05, 0.1) is 7.11 Å². The number of carbonyl (C=O) groups is 2. The van der Waals surface area contributed by atoms with Gasteiger partial charge >= 0.3 is 12.1 Å². The number of esters is 1. The van der Waals surface area contributed by atoms with Crippen molar-refractivity contribution in [3.05, 3.63) is 34.2 Å². The van der Waals surface area contributed by atoms with Gasteiger partial charge in [-0.25, -0.2) is 4.79 Å². The van der Waals surface area contributed by atoms with Crippen LogP contribution < -0.4 is 10.9 Å². The van der Waals surface area contributed by atoms with E-state index >= 15 is 0 Å². The largest absolute Gasteiger partial charge is 0.467 e. The average Bonchev–Trinajstić information content (AvgIpc) is 2.47. The van der Waals surface area contributed by atoms with Gasteiger partial charge in [0.15, 0.2) is 0 Å². The standard InChI is InChI=1S/C14H17F3N2O4/c1-4-13(2,12(22)23-3)18-10(20)8-19-7-5-6-9(11(19)21)14(15,16)17/h5-7H,4,8H2,1-3H3,(H,18,20). The summed E-state index contributed by atoms with van der Waals surface area (Å²) in [5, 5.41) is 2.37. The number of alkyl halides is 3. The number of nitrogens with zero attached hydrogens (tertiary/aromatic N) is 1. The lowest BCUT2D eigenvalue weighted by atomic mass is 9.99. The van der Waals surface area contributed by atoms with Crippen LogP contribution in [0.3, 0.4) is 0 Å². The van der Waals surface area contributed by atoms with E-state index in [-0.39, 0.29) is 6.42 Å². The molecule has 0 aliphatic rings. The fraction of sp³-hybridized carbons (Fsp3) is 0.500. The molecule has 0 aromatic carbocycles. The first-order valence-electron chi connectivity index (χ1n) is 6.71. The molecule has 1 unspecified atom stereocenters. The maximum atomic E-state index is 12.7. The fourth-order valence-corrected chi connectivity index (χ4v) is 1.89. The molecule has 0 saturated heterocycles. The van der Waals surface area contributed by atoms with Gasteiger partial charge in [-0.1, -0.05) is 6.92 Å². The highest BCUT2D eigenvalue weighted by Gasteiger charge is 2.36. The van der Waals surface area contributed by atoms with E-state index in [2.05, 4.69) is 10.1 Å². The van der Waals surface area contributed by atoms with Crippen LogP contribution in [0.4, 0.5) is 13.2 Å². The predicted octanol–water partition coefficient (Wildman–Crippen LogP) is 1.32. The summed E-state index contributed by atoms with van der Waals surface area (Å²) in [5.41, 5.74) is -4.01. The number of methoxy groups -OCH3 is 1. The number of halogens is 3. The Bertz CT molecular complexity index is 654. The number of rotatable bonds is 5. The summed E-state index contributed by atoms with van der Waals surface area (Å²) >= 11 is 0. The van der Waals surface area contributed by atoms with Gasteiger partial charge in [-0.05, 0) is 25.5 Å². The number of carbonyl (C=O) groups excluding carboxylic acids is 2. The molecule has 23 heavy (non-hydrogen) atoms. The second-order valence-electron chi connectivity index (χ2n) is 5.08. The molecule has 1 aromatic rings. The summed E-state index contributed by atoms with van der Waals surface area (Å²) < 4.78 is 43.2. The zero-order valence-electron chi connectivity index (χ0n) is 12.9. The minimum Gasteiger partial charge on any atom is -0.467 e. The minimum absolute atomic E-state index is 0.211. The van der Waals surface area contributed by atoms with Crippen molar-refractivity contribution in [3.8, 4) is 0 Å². The van der Waals surface area contributed by atoms with E-state index in [9.17, 15) is 27.6 Å². The van der Waals surface area contributed by atoms with Crippen LogP contribution >= 0.6 is 0 Å². The molecule has 1 aromatic heterocycles. The molecule has 6 nitrogen and oxygen atoms in total. The zero-order chi connectivity index (χ0) is 17.8. The maximum Gasteiger partial charge on any atom is 0.421 e. The van der Waals surface area contributed by atoms with Crippen LogP contribution in [0.5, 0.6) is 0 Å². The van der Waals surface area contributed by atoms with E-state index < -0.39 is 41.3 Å². The summed E-state index contributed by atoms with van der Waals surface area (Å²) in [6, 6.07) is 1.66. The van der Waals surface area contributed by atoms with E-state index in [1.54, 1.807) is 6.92 Å². The molecule has 0 radical (unpaired) electrons. The Morgan fingerprint density at radius 1 is 1.35 bits per heavy atom. The molecule has 0 saturated carbocycles. The van der Waals surface area contributed by atoms with Crippen LogP contribution in [-0.4, -0.2) is 29.1 Å². The fourth-order valence-electron chi connectivity index (χ4n) is 1.89. The van der Waals surface area contributed by atoms with Crippen molar-refractivity contribution >= 4 is 11.9 Å². The second kappa shape index (κ2) is 6.84. The topological polar surface area (TPSA) is 77.4 Å². The maximum absolute atomic E-state index is 12.7. The molecule has 1 amide bonds. The van der Waals surface area contributed by atoms with E-state index in [4.69, 9.17) is 0 Å². The van der Waals surface area contributed by atoms with Gasteiger partial charge < -0.3 is 14.6 Å². The van der Waals surface area contributed by atoms with Gasteiger partial charge in [0.2, 0.25) is 5.91 Å². The molecular weight excluding hydrogens is 317 g/mol. The third-order valence-corrected chi connectivity index (χ3v) is 3.40. The Morgan fingerprint density at radius 3 is 2.43 bits per heavy atom. The molecule has 9 heteroatoms. The first-order chi connectivity index (χ1) is 10.5. The first-order valence-corrected chi connectivity index (χ1v) is 6.71. The molecule has 0 fully saturated rings. The number of aromatic nitrogens is 1. The molecule has 1 atom stereocenters. The monoisotopic (exact) mass is 334 g/mol. The van der Waals surface area contributed by atoms with Crippen LogP contribution in [0.2, 0.25) is 0 Å². The van der Waals surface area contributed by atoms with Crippen LogP contribution in [0.25, 0.3) is 0 Å². The van der Waals surface area contributed by atoms with Crippen LogP contribution in [0, 0.1) is 0 Å². The van der Waals surface area contributed by atoms with Crippen molar-refractivity contribution in [2.24, 2.45) is 0 Å². The summed E-state index contributed by atoms with van der Waals surface area (Å²) in [4.78, 5) is 35.4. The number of amides is 1. The number of nitrogens with one attached hydrogen (secondary N) is 1. The van der Waals surface area contributed by atoms with Crippen LogP contribution in [0.15, 0.2) is 23.1 Å². The van der Waals surface area contributed by atoms with Gasteiger partial charge in [-0.15, -0.1) is 0 Å². The summed E-state index contributed by atoms with van der Waals surface area (Å²) in [7, 11) is 1.15. The van der Waals surface area contributed by atoms with Gasteiger partial charge in [-0.2, -0.15) is 13.2 Å². The van der Waals surface area contributed by atoms with E-state index in [1.165, 1.54) is 6.92 Å². The summed E-state index contributed by atoms with van der Waals surface area (Å²) in [6.45, 7) is 2.41. The quantitative estimate of drug-likeness (QED) is 0.824. The molecule has 0 aliphatic carbocycles. The lowest BCUT2D eigenvalue weighted by Crippen LogP contribution is -2.53. The number of ether oxygens (including phenoxy) is 1. The Balaban J connectivity index is 2.99. The summed E-state index contributed by atoms with van der Waals surface area (Å²) in [6.07, 6.45) is -3.53. The van der Waals surface area contributed by atoms with Gasteiger partial charge in [0.1, 0.15) is 17.6 Å². The zero-order valence-corrected chi connectivity index (χ0v) is 12.9. The van der Waals surface area contributed by atoms with Crippen molar-refractivity contribution in [2.75, 3.05) is 7.11 Å². The highest BCUT2D eigenvalue weighted by atomic mass is 19.4. The molecule has 128 valence electrons. The molecular formula is C14H17F3N2O4. The lowest BCUT2D eigenvalue weighted by Gasteiger charge is -2.26. The van der Waals surface area contributed by atoms with Crippen molar-refractivity contribution in [1.82, 2.24) is 9.88 Å². The average molecular weight is 334 g/mol. The predicted molar refractivity (Wildman–Crippen MR) is 74.6 cm³/mol. The highest BCUT2D eigenvalue weighted by Crippen LogP contribution is 2.25. The van der Waals surface area contributed by atoms with Crippen molar-refractivity contribution in [2.45, 2.75) is 38.5 Å². The Hall–Kier alpha value is -2.32. The number of hydrogen-bond donors (Lipinski definition) is 1. The van der Waals surface area contributed by atoms with Gasteiger partial charge in [-0.3, -0.25) is 9.59 Å². The third kappa shape index (κ3) is 4.33. The second-order valence-corrected chi connectivity index (χ2v) is 5.08.